The van der Waals surface area contributed by atoms with E-state index >= 15 is 0 Å². The van der Waals surface area contributed by atoms with Crippen LogP contribution in [0.3, 0.4) is 0 Å². The summed E-state index contributed by atoms with van der Waals surface area (Å²) in [5, 5.41) is 0. The van der Waals surface area contributed by atoms with Crippen molar-refractivity contribution >= 4 is 19.7 Å². The smallest absolute Gasteiger partial charge is 0.232 e. The first kappa shape index (κ1) is 13.6. The third-order valence-corrected chi connectivity index (χ3v) is 4.94. The maximum atomic E-state index is 11.1. The van der Waals surface area contributed by atoms with Crippen molar-refractivity contribution in [2.75, 3.05) is 32.1 Å². The Kier molecular flexibility index (Phi) is 4.69. The largest absolute Gasteiger partial charge is 0.381 e. The molecule has 0 amide bonds. The maximum Gasteiger partial charge on any atom is 0.232 e. The number of hydrogen-bond acceptors (Lipinski definition) is 4. The molecule has 17 heavy (non-hydrogen) atoms. The summed E-state index contributed by atoms with van der Waals surface area (Å²) in [7, 11) is 1.98. The second-order valence-corrected chi connectivity index (χ2v) is 7.87. The molecule has 0 aliphatic carbocycles. The van der Waals surface area contributed by atoms with Gasteiger partial charge in [0.1, 0.15) is 0 Å². The lowest BCUT2D eigenvalue weighted by atomic mass is 9.96. The highest BCUT2D eigenvalue weighted by Gasteiger charge is 2.29. The third-order valence-electron chi connectivity index (χ3n) is 3.69. The Morgan fingerprint density at radius 2 is 1.94 bits per heavy atom. The number of rotatable bonds is 3. The second-order valence-electron chi connectivity index (χ2n) is 5.05. The van der Waals surface area contributed by atoms with E-state index in [0.717, 1.165) is 52.0 Å². The van der Waals surface area contributed by atoms with Crippen molar-refractivity contribution in [1.29, 1.82) is 0 Å². The molecule has 2 rings (SSSR count). The van der Waals surface area contributed by atoms with Gasteiger partial charge >= 0.3 is 0 Å². The van der Waals surface area contributed by atoms with Crippen molar-refractivity contribution in [2.45, 2.75) is 31.7 Å². The van der Waals surface area contributed by atoms with Crippen molar-refractivity contribution in [3.63, 3.8) is 0 Å². The molecule has 1 atom stereocenters. The maximum absolute atomic E-state index is 11.1. The minimum absolute atomic E-state index is 0.119. The van der Waals surface area contributed by atoms with E-state index in [1.54, 1.807) is 0 Å². The van der Waals surface area contributed by atoms with Crippen molar-refractivity contribution in [3.05, 3.63) is 0 Å². The van der Waals surface area contributed by atoms with Crippen LogP contribution in [0, 0.1) is 5.92 Å². The highest BCUT2D eigenvalue weighted by molar-refractivity contribution is 8.13. The molecule has 0 spiro atoms. The fourth-order valence-electron chi connectivity index (χ4n) is 2.90. The van der Waals surface area contributed by atoms with Gasteiger partial charge in [-0.1, -0.05) is 0 Å². The molecule has 0 bridgehead atoms. The highest BCUT2D eigenvalue weighted by Crippen LogP contribution is 2.24. The molecule has 4 nitrogen and oxygen atoms in total. The van der Waals surface area contributed by atoms with E-state index < -0.39 is 9.05 Å². The summed E-state index contributed by atoms with van der Waals surface area (Å²) in [5.41, 5.74) is 0. The number of piperidine rings is 1. The number of ether oxygens (including phenoxy) is 1. The number of hydrogen-bond donors (Lipinski definition) is 0. The first-order valence-corrected chi connectivity index (χ1v) is 8.76. The van der Waals surface area contributed by atoms with E-state index in [1.807, 2.05) is 0 Å². The zero-order chi connectivity index (χ0) is 12.3. The second kappa shape index (κ2) is 5.87. The molecule has 6 heteroatoms. The summed E-state index contributed by atoms with van der Waals surface area (Å²) in [6, 6.07) is 0.574. The molecule has 0 N–H and O–H groups in total. The molecule has 0 aromatic heterocycles. The lowest BCUT2D eigenvalue weighted by Crippen LogP contribution is -2.46. The average molecular weight is 282 g/mol. The van der Waals surface area contributed by atoms with E-state index in [2.05, 4.69) is 4.90 Å². The Morgan fingerprint density at radius 1 is 1.24 bits per heavy atom. The minimum Gasteiger partial charge on any atom is -0.381 e. The van der Waals surface area contributed by atoms with Gasteiger partial charge in [0.25, 0.3) is 0 Å². The van der Waals surface area contributed by atoms with Crippen LogP contribution in [-0.4, -0.2) is 51.4 Å². The number of likely N-dealkylation sites (tertiary alicyclic amines) is 1. The molecule has 1 unspecified atom stereocenters. The van der Waals surface area contributed by atoms with Crippen LogP contribution in [0.25, 0.3) is 0 Å². The predicted octanol–water partition coefficient (Wildman–Crippen LogP) is 1.45. The Bertz CT molecular complexity index is 341. The molecule has 100 valence electrons. The van der Waals surface area contributed by atoms with Crippen LogP contribution in [0.15, 0.2) is 0 Å². The highest BCUT2D eigenvalue weighted by atomic mass is 35.7. The standard InChI is InChI=1S/C11H20ClNO3S/c12-17(14,15)9-10-2-1-5-13(8-10)11-3-6-16-7-4-11/h10-11H,1-9H2. The van der Waals surface area contributed by atoms with Gasteiger partial charge in [-0.25, -0.2) is 8.42 Å². The van der Waals surface area contributed by atoms with Crippen LogP contribution in [0.2, 0.25) is 0 Å². The van der Waals surface area contributed by atoms with E-state index in [-0.39, 0.29) is 11.7 Å². The average Bonchev–Trinajstić information content (AvgIpc) is 2.28. The van der Waals surface area contributed by atoms with Gasteiger partial charge in [-0.3, -0.25) is 4.90 Å². The third kappa shape index (κ3) is 4.39. The SMILES string of the molecule is O=S(=O)(Cl)CC1CCCN(C2CCOCC2)C1. The lowest BCUT2D eigenvalue weighted by Gasteiger charge is -2.39. The Balaban J connectivity index is 1.87. The minimum atomic E-state index is -3.36. The monoisotopic (exact) mass is 281 g/mol. The Labute approximate surface area is 108 Å². The molecule has 2 saturated heterocycles. The van der Waals surface area contributed by atoms with Gasteiger partial charge < -0.3 is 4.74 Å². The van der Waals surface area contributed by atoms with Crippen LogP contribution in [-0.2, 0) is 13.8 Å². The zero-order valence-electron chi connectivity index (χ0n) is 9.98. The van der Waals surface area contributed by atoms with E-state index in [0.29, 0.717) is 6.04 Å². The molecule has 0 radical (unpaired) electrons. The van der Waals surface area contributed by atoms with Crippen molar-refractivity contribution < 1.29 is 13.2 Å². The molecule has 2 fully saturated rings. The van der Waals surface area contributed by atoms with Crippen molar-refractivity contribution in [2.24, 2.45) is 5.92 Å². The van der Waals surface area contributed by atoms with Crippen LogP contribution < -0.4 is 0 Å². The quantitative estimate of drug-likeness (QED) is 0.735. The van der Waals surface area contributed by atoms with Crippen molar-refractivity contribution in [3.8, 4) is 0 Å². The van der Waals surface area contributed by atoms with Crippen LogP contribution in [0.1, 0.15) is 25.7 Å². The molecule has 2 aliphatic heterocycles. The first-order chi connectivity index (χ1) is 8.04. The summed E-state index contributed by atoms with van der Waals surface area (Å²) in [6.07, 6.45) is 4.20. The first-order valence-electron chi connectivity index (χ1n) is 6.29. The molecular formula is C11H20ClNO3S. The molecule has 2 heterocycles. The lowest BCUT2D eigenvalue weighted by molar-refractivity contribution is 0.0198. The topological polar surface area (TPSA) is 46.6 Å². The van der Waals surface area contributed by atoms with Crippen LogP contribution in [0.5, 0.6) is 0 Å². The normalized spacial score (nSPS) is 29.4. The zero-order valence-corrected chi connectivity index (χ0v) is 11.5. The molecule has 0 saturated carbocycles. The van der Waals surface area contributed by atoms with E-state index in [9.17, 15) is 8.42 Å². The van der Waals surface area contributed by atoms with Crippen LogP contribution >= 0.6 is 10.7 Å². The van der Waals surface area contributed by atoms with Crippen LogP contribution in [0.4, 0.5) is 0 Å². The summed E-state index contributed by atoms with van der Waals surface area (Å²) in [4.78, 5) is 2.43. The Morgan fingerprint density at radius 3 is 2.59 bits per heavy atom. The van der Waals surface area contributed by atoms with E-state index in [1.165, 1.54) is 0 Å². The number of halogens is 1. The van der Waals surface area contributed by atoms with Gasteiger partial charge in [0, 0.05) is 36.5 Å². The van der Waals surface area contributed by atoms with Gasteiger partial charge in [-0.15, -0.1) is 0 Å². The number of nitrogens with zero attached hydrogens (tertiary/aromatic N) is 1. The van der Waals surface area contributed by atoms with Gasteiger partial charge in [-0.05, 0) is 38.1 Å². The summed E-state index contributed by atoms with van der Waals surface area (Å²) in [5.74, 6) is 0.322. The Hall–Kier alpha value is 0.160. The fourth-order valence-corrected chi connectivity index (χ4v) is 4.27. The van der Waals surface area contributed by atoms with Gasteiger partial charge in [-0.2, -0.15) is 0 Å². The molecule has 0 aromatic rings. The molecule has 2 aliphatic rings. The van der Waals surface area contributed by atoms with Gasteiger partial charge in [0.05, 0.1) is 5.75 Å². The fraction of sp³-hybridized carbons (Fsp3) is 1.00. The van der Waals surface area contributed by atoms with E-state index in [4.69, 9.17) is 15.4 Å². The summed E-state index contributed by atoms with van der Waals surface area (Å²) < 4.78 is 27.6. The summed E-state index contributed by atoms with van der Waals surface area (Å²) >= 11 is 0. The van der Waals surface area contributed by atoms with Gasteiger partial charge in [0.2, 0.25) is 9.05 Å². The predicted molar refractivity (Wildman–Crippen MR) is 67.8 cm³/mol. The molecular weight excluding hydrogens is 262 g/mol. The van der Waals surface area contributed by atoms with Gasteiger partial charge in [0.15, 0.2) is 0 Å². The summed E-state index contributed by atoms with van der Waals surface area (Å²) in [6.45, 7) is 3.62. The van der Waals surface area contributed by atoms with Crippen molar-refractivity contribution in [1.82, 2.24) is 4.90 Å². The molecule has 0 aromatic carbocycles.